The normalized spacial score (nSPS) is 19.1. The molecule has 0 radical (unpaired) electrons. The van der Waals surface area contributed by atoms with Gasteiger partial charge in [0.25, 0.3) is 5.91 Å². The summed E-state index contributed by atoms with van der Waals surface area (Å²) in [5.74, 6) is 0.731. The number of rotatable bonds is 9. The molecule has 3 atom stereocenters. The molecule has 1 fully saturated rings. The van der Waals surface area contributed by atoms with Crippen LogP contribution in [0.2, 0.25) is 5.02 Å². The maximum absolute atomic E-state index is 14.1. The van der Waals surface area contributed by atoms with Crippen LogP contribution in [0.15, 0.2) is 84.4 Å². The van der Waals surface area contributed by atoms with E-state index in [4.69, 9.17) is 16.3 Å². The minimum absolute atomic E-state index is 0.0121. The molecule has 2 aliphatic heterocycles. The molecule has 2 bridgehead atoms. The van der Waals surface area contributed by atoms with Crippen LogP contribution >= 0.6 is 11.6 Å². The van der Waals surface area contributed by atoms with Crippen molar-refractivity contribution in [1.82, 2.24) is 15.1 Å². The molecule has 2 amide bonds. The van der Waals surface area contributed by atoms with Gasteiger partial charge in [-0.05, 0) is 54.2 Å². The lowest BCUT2D eigenvalue weighted by molar-refractivity contribution is -0.132. The lowest BCUT2D eigenvalue weighted by Crippen LogP contribution is -2.61. The molecule has 0 spiro atoms. The first-order valence-electron chi connectivity index (χ1n) is 14.3. The van der Waals surface area contributed by atoms with E-state index in [1.807, 2.05) is 66.2 Å². The second kappa shape index (κ2) is 12.9. The second-order valence-electron chi connectivity index (χ2n) is 11.2. The molecule has 5 rings (SSSR count). The Morgan fingerprint density at radius 2 is 1.76 bits per heavy atom. The van der Waals surface area contributed by atoms with Crippen LogP contribution in [-0.2, 0) is 22.4 Å². The smallest absolute Gasteiger partial charge is 0.251 e. The van der Waals surface area contributed by atoms with Crippen molar-refractivity contribution in [3.05, 3.63) is 106 Å². The van der Waals surface area contributed by atoms with E-state index in [1.165, 1.54) is 5.56 Å². The van der Waals surface area contributed by atoms with E-state index in [9.17, 15) is 9.59 Å². The third kappa shape index (κ3) is 7.00. The zero-order valence-corrected chi connectivity index (χ0v) is 24.7. The molecule has 1 N–H and O–H groups in total. The van der Waals surface area contributed by atoms with Gasteiger partial charge in [0.05, 0.1) is 17.2 Å². The van der Waals surface area contributed by atoms with E-state index in [-0.39, 0.29) is 30.0 Å². The fourth-order valence-electron chi connectivity index (χ4n) is 5.89. The van der Waals surface area contributed by atoms with Crippen molar-refractivity contribution < 1.29 is 14.3 Å². The number of carbonyl (C=O) groups excluding carboxylic acids is 2. The Labute approximate surface area is 247 Å². The molecule has 0 aromatic heterocycles. The summed E-state index contributed by atoms with van der Waals surface area (Å²) < 4.78 is 6.13. The van der Waals surface area contributed by atoms with Crippen LogP contribution in [0, 0.1) is 0 Å². The van der Waals surface area contributed by atoms with E-state index >= 15 is 0 Å². The number of benzene rings is 3. The van der Waals surface area contributed by atoms with Crippen molar-refractivity contribution >= 4 is 29.0 Å². The lowest BCUT2D eigenvalue weighted by Gasteiger charge is -2.44. The Kier molecular flexibility index (Phi) is 9.11. The van der Waals surface area contributed by atoms with Crippen LogP contribution in [0.3, 0.4) is 0 Å². The molecule has 0 aliphatic carbocycles. The predicted octanol–water partition coefficient (Wildman–Crippen LogP) is 5.40. The summed E-state index contributed by atoms with van der Waals surface area (Å²) in [6, 6.07) is 26.1. The van der Waals surface area contributed by atoms with E-state index in [2.05, 4.69) is 41.7 Å². The highest BCUT2D eigenvalue weighted by atomic mass is 35.5. The van der Waals surface area contributed by atoms with E-state index < -0.39 is 0 Å². The molecule has 3 aromatic rings. The van der Waals surface area contributed by atoms with Gasteiger partial charge >= 0.3 is 0 Å². The zero-order valence-electron chi connectivity index (χ0n) is 24.0. The van der Waals surface area contributed by atoms with Crippen molar-refractivity contribution in [3.63, 3.8) is 0 Å². The molecule has 2 unspecified atom stereocenters. The van der Waals surface area contributed by atoms with Gasteiger partial charge in [0, 0.05) is 51.6 Å². The van der Waals surface area contributed by atoms with Crippen molar-refractivity contribution in [1.29, 1.82) is 0 Å². The molecule has 7 heteroatoms. The first-order valence-corrected chi connectivity index (χ1v) is 14.7. The minimum Gasteiger partial charge on any atom is -0.489 e. The molecule has 2 aliphatic rings. The summed E-state index contributed by atoms with van der Waals surface area (Å²) in [5.41, 5.74) is 5.22. The number of amides is 2. The predicted molar refractivity (Wildman–Crippen MR) is 164 cm³/mol. The average molecular weight is 572 g/mol. The van der Waals surface area contributed by atoms with Crippen molar-refractivity contribution in [2.45, 2.75) is 51.3 Å². The van der Waals surface area contributed by atoms with Crippen molar-refractivity contribution in [3.8, 4) is 5.75 Å². The van der Waals surface area contributed by atoms with Crippen LogP contribution < -0.4 is 10.1 Å². The van der Waals surface area contributed by atoms with Crippen LogP contribution in [-0.4, -0.2) is 66.5 Å². The first kappa shape index (κ1) is 28.9. The van der Waals surface area contributed by atoms with Gasteiger partial charge in [-0.1, -0.05) is 78.3 Å². The Morgan fingerprint density at radius 3 is 2.51 bits per heavy atom. The van der Waals surface area contributed by atoms with Gasteiger partial charge in [0.15, 0.2) is 0 Å². The Morgan fingerprint density at radius 1 is 1.02 bits per heavy atom. The van der Waals surface area contributed by atoms with Crippen LogP contribution in [0.25, 0.3) is 5.57 Å². The fraction of sp³-hybridized carbons (Fsp3) is 0.353. The SMILES string of the molecule is CC(=O)N1CC2CC(c3cccc(CC(C)Oc4ccccc4Cl)c3)=C(C(=O)N(C)CCc3ccccc3)[C@@H](C1)N2. The fourth-order valence-corrected chi connectivity index (χ4v) is 6.07. The molecule has 214 valence electrons. The molecular formula is C34H38ClN3O3. The summed E-state index contributed by atoms with van der Waals surface area (Å²) in [7, 11) is 1.87. The topological polar surface area (TPSA) is 61.9 Å². The van der Waals surface area contributed by atoms with Crippen LogP contribution in [0.4, 0.5) is 0 Å². The van der Waals surface area contributed by atoms with Gasteiger partial charge in [0.1, 0.15) is 5.75 Å². The third-order valence-corrected chi connectivity index (χ3v) is 8.28. The number of hydrogen-bond donors (Lipinski definition) is 1. The summed E-state index contributed by atoms with van der Waals surface area (Å²) in [6.07, 6.45) is 2.09. The van der Waals surface area contributed by atoms with Crippen LogP contribution in [0.5, 0.6) is 5.75 Å². The average Bonchev–Trinajstić information content (AvgIpc) is 2.97. The number of para-hydroxylation sites is 1. The number of hydrogen-bond acceptors (Lipinski definition) is 4. The van der Waals surface area contributed by atoms with Crippen LogP contribution in [0.1, 0.15) is 37.0 Å². The van der Waals surface area contributed by atoms with Gasteiger partial charge in [-0.3, -0.25) is 9.59 Å². The highest BCUT2D eigenvalue weighted by molar-refractivity contribution is 6.32. The summed E-state index contributed by atoms with van der Waals surface area (Å²) in [4.78, 5) is 30.1. The number of piperazine rings is 1. The summed E-state index contributed by atoms with van der Waals surface area (Å²) in [6.45, 7) is 5.39. The monoisotopic (exact) mass is 571 g/mol. The number of likely N-dealkylation sites (N-methyl/N-ethyl adjacent to an activating group) is 1. The Balaban J connectivity index is 1.41. The van der Waals surface area contributed by atoms with Gasteiger partial charge in [-0.2, -0.15) is 0 Å². The molecule has 6 nitrogen and oxygen atoms in total. The second-order valence-corrected chi connectivity index (χ2v) is 11.6. The Bertz CT molecular complexity index is 1420. The molecule has 0 saturated carbocycles. The number of fused-ring (bicyclic) bond motifs is 2. The molecule has 41 heavy (non-hydrogen) atoms. The van der Waals surface area contributed by atoms with E-state index in [0.717, 1.165) is 28.7 Å². The molecular weight excluding hydrogens is 534 g/mol. The van der Waals surface area contributed by atoms with Gasteiger partial charge < -0.3 is 19.9 Å². The standard InChI is InChI=1S/C34H38ClN3O3/c1-23(41-32-15-8-7-14-30(32)35)18-26-12-9-13-27(19-26)29-20-28-21-38(24(2)39)22-31(36-28)33(29)34(40)37(3)17-16-25-10-5-4-6-11-25/h4-15,19,23,28,31,36H,16-18,20-22H2,1-3H3/t23?,28?,31-/m1/s1. The van der Waals surface area contributed by atoms with Gasteiger partial charge in [-0.25, -0.2) is 0 Å². The third-order valence-electron chi connectivity index (χ3n) is 7.97. The number of nitrogens with one attached hydrogen (secondary N) is 1. The lowest BCUT2D eigenvalue weighted by atomic mass is 9.82. The van der Waals surface area contributed by atoms with E-state index in [0.29, 0.717) is 43.2 Å². The molecule has 1 saturated heterocycles. The van der Waals surface area contributed by atoms with Crippen molar-refractivity contribution in [2.24, 2.45) is 0 Å². The zero-order chi connectivity index (χ0) is 28.9. The Hall–Kier alpha value is -3.61. The first-order chi connectivity index (χ1) is 19.8. The number of nitrogens with zero attached hydrogens (tertiary/aromatic N) is 2. The number of ether oxygens (including phenoxy) is 1. The van der Waals surface area contributed by atoms with E-state index in [1.54, 1.807) is 6.92 Å². The highest BCUT2D eigenvalue weighted by Gasteiger charge is 2.39. The van der Waals surface area contributed by atoms with Gasteiger partial charge in [0.2, 0.25) is 5.91 Å². The number of halogens is 1. The van der Waals surface area contributed by atoms with Crippen molar-refractivity contribution in [2.75, 3.05) is 26.7 Å². The number of carbonyl (C=O) groups is 2. The maximum Gasteiger partial charge on any atom is 0.251 e. The summed E-state index contributed by atoms with van der Waals surface area (Å²) in [5, 5.41) is 4.24. The molecule has 3 aromatic carbocycles. The maximum atomic E-state index is 14.1. The minimum atomic E-state index is -0.209. The largest absolute Gasteiger partial charge is 0.489 e. The quantitative estimate of drug-likeness (QED) is 0.374. The van der Waals surface area contributed by atoms with Gasteiger partial charge in [-0.15, -0.1) is 0 Å². The summed E-state index contributed by atoms with van der Waals surface area (Å²) >= 11 is 6.31. The molecule has 2 heterocycles. The highest BCUT2D eigenvalue weighted by Crippen LogP contribution is 2.35.